The van der Waals surface area contributed by atoms with E-state index in [4.69, 9.17) is 4.74 Å². The van der Waals surface area contributed by atoms with Gasteiger partial charge in [-0.15, -0.1) is 0 Å². The summed E-state index contributed by atoms with van der Waals surface area (Å²) in [6, 6.07) is 14.2. The molecule has 1 heterocycles. The molecule has 0 aliphatic rings. The molecule has 0 aliphatic carbocycles. The van der Waals surface area contributed by atoms with Gasteiger partial charge in [0.2, 0.25) is 0 Å². The van der Waals surface area contributed by atoms with Crippen molar-refractivity contribution in [3.63, 3.8) is 0 Å². The zero-order chi connectivity index (χ0) is 14.8. The van der Waals surface area contributed by atoms with Crippen LogP contribution < -0.4 is 0 Å². The molecule has 3 nitrogen and oxygen atoms in total. The lowest BCUT2D eigenvalue weighted by atomic mass is 10.0. The van der Waals surface area contributed by atoms with Gasteiger partial charge in [-0.25, -0.2) is 4.79 Å². The van der Waals surface area contributed by atoms with Gasteiger partial charge >= 0.3 is 5.97 Å². The van der Waals surface area contributed by atoms with E-state index in [0.29, 0.717) is 12.0 Å². The molecule has 104 valence electrons. The topological polar surface area (TPSA) is 42.1 Å². The van der Waals surface area contributed by atoms with Gasteiger partial charge in [0, 0.05) is 28.3 Å². The standard InChI is InChI=1S/C18H15NO2/c1-3-21-18(20)12(2)11-13-7-6-9-15-14-8-4-5-10-16(14)19-17(13)15/h3-10,19H,1-2,11H2. The maximum Gasteiger partial charge on any atom is 0.338 e. The number of fused-ring (bicyclic) bond motifs is 3. The Morgan fingerprint density at radius 1 is 1.14 bits per heavy atom. The second-order valence-corrected chi connectivity index (χ2v) is 4.86. The molecule has 0 amide bonds. The maximum absolute atomic E-state index is 11.7. The number of hydrogen-bond donors (Lipinski definition) is 1. The zero-order valence-electron chi connectivity index (χ0n) is 11.6. The van der Waals surface area contributed by atoms with Gasteiger partial charge in [-0.05, 0) is 11.6 Å². The minimum Gasteiger partial charge on any atom is -0.432 e. The predicted molar refractivity (Wildman–Crippen MR) is 84.9 cm³/mol. The quantitative estimate of drug-likeness (QED) is 0.443. The summed E-state index contributed by atoms with van der Waals surface area (Å²) in [5.41, 5.74) is 3.54. The van der Waals surface area contributed by atoms with E-state index in [1.165, 1.54) is 5.39 Å². The van der Waals surface area contributed by atoms with Crippen LogP contribution in [0.5, 0.6) is 0 Å². The van der Waals surface area contributed by atoms with Gasteiger partial charge in [-0.3, -0.25) is 0 Å². The van der Waals surface area contributed by atoms with Crippen LogP contribution in [0.15, 0.2) is 67.5 Å². The molecule has 1 aromatic heterocycles. The normalized spacial score (nSPS) is 10.7. The molecule has 0 aliphatic heterocycles. The Kier molecular flexibility index (Phi) is 3.32. The second-order valence-electron chi connectivity index (χ2n) is 4.86. The summed E-state index contributed by atoms with van der Waals surface area (Å²) >= 11 is 0. The third kappa shape index (κ3) is 2.34. The number of rotatable bonds is 4. The van der Waals surface area contributed by atoms with Crippen molar-refractivity contribution >= 4 is 27.8 Å². The maximum atomic E-state index is 11.7. The molecule has 21 heavy (non-hydrogen) atoms. The van der Waals surface area contributed by atoms with Crippen molar-refractivity contribution in [1.82, 2.24) is 4.98 Å². The molecule has 0 atom stereocenters. The van der Waals surface area contributed by atoms with E-state index in [-0.39, 0.29) is 0 Å². The molecule has 2 aromatic carbocycles. The summed E-state index contributed by atoms with van der Waals surface area (Å²) in [5, 5.41) is 2.32. The Morgan fingerprint density at radius 2 is 1.90 bits per heavy atom. The Balaban J connectivity index is 2.05. The minimum atomic E-state index is -0.446. The van der Waals surface area contributed by atoms with Gasteiger partial charge in [0.05, 0.1) is 11.8 Å². The van der Waals surface area contributed by atoms with E-state index in [2.05, 4.69) is 30.3 Å². The van der Waals surface area contributed by atoms with Crippen molar-refractivity contribution in [1.29, 1.82) is 0 Å². The van der Waals surface area contributed by atoms with E-state index in [1.807, 2.05) is 30.3 Å². The van der Waals surface area contributed by atoms with Crippen LogP contribution in [0.4, 0.5) is 0 Å². The van der Waals surface area contributed by atoms with Crippen LogP contribution in [0, 0.1) is 0 Å². The highest BCUT2D eigenvalue weighted by Crippen LogP contribution is 2.28. The molecule has 0 bridgehead atoms. The predicted octanol–water partition coefficient (Wildman–Crippen LogP) is 4.11. The summed E-state index contributed by atoms with van der Waals surface area (Å²) in [6.45, 7) is 7.17. The monoisotopic (exact) mass is 277 g/mol. The fraction of sp³-hybridized carbons (Fsp3) is 0.0556. The number of carbonyl (C=O) groups is 1. The van der Waals surface area contributed by atoms with Crippen molar-refractivity contribution in [2.24, 2.45) is 0 Å². The van der Waals surface area contributed by atoms with Crippen molar-refractivity contribution in [3.05, 3.63) is 73.0 Å². The Hall–Kier alpha value is -2.81. The van der Waals surface area contributed by atoms with E-state index >= 15 is 0 Å². The minimum absolute atomic E-state index is 0.404. The fourth-order valence-electron chi connectivity index (χ4n) is 2.54. The molecular weight excluding hydrogens is 262 g/mol. The first-order valence-corrected chi connectivity index (χ1v) is 6.68. The molecular formula is C18H15NO2. The van der Waals surface area contributed by atoms with E-state index in [0.717, 1.165) is 28.2 Å². The van der Waals surface area contributed by atoms with Crippen LogP contribution in [0.25, 0.3) is 21.8 Å². The Labute approximate surface area is 122 Å². The van der Waals surface area contributed by atoms with E-state index < -0.39 is 5.97 Å². The van der Waals surface area contributed by atoms with E-state index in [9.17, 15) is 4.79 Å². The highest BCUT2D eigenvalue weighted by Gasteiger charge is 2.12. The molecule has 0 fully saturated rings. The van der Waals surface area contributed by atoms with Crippen molar-refractivity contribution < 1.29 is 9.53 Å². The Bertz CT molecular complexity index is 858. The lowest BCUT2D eigenvalue weighted by Gasteiger charge is -2.05. The SMILES string of the molecule is C=COC(=O)C(=C)Cc1cccc2c1[nH]c1ccccc12. The first-order valence-electron chi connectivity index (χ1n) is 6.68. The molecule has 0 saturated carbocycles. The van der Waals surface area contributed by atoms with Crippen LogP contribution in [0.2, 0.25) is 0 Å². The van der Waals surface area contributed by atoms with Crippen molar-refractivity contribution in [2.45, 2.75) is 6.42 Å². The lowest BCUT2D eigenvalue weighted by Crippen LogP contribution is -2.05. The van der Waals surface area contributed by atoms with E-state index in [1.54, 1.807) is 0 Å². The van der Waals surface area contributed by atoms with Crippen LogP contribution in [0.3, 0.4) is 0 Å². The average molecular weight is 277 g/mol. The lowest BCUT2D eigenvalue weighted by molar-refractivity contribution is -0.133. The summed E-state index contributed by atoms with van der Waals surface area (Å²) in [7, 11) is 0. The molecule has 3 aromatic rings. The number of aromatic amines is 1. The summed E-state index contributed by atoms with van der Waals surface area (Å²) in [5.74, 6) is -0.446. The van der Waals surface area contributed by atoms with Crippen LogP contribution in [0.1, 0.15) is 5.56 Å². The number of ether oxygens (including phenoxy) is 1. The van der Waals surface area contributed by atoms with Crippen LogP contribution in [-0.2, 0) is 16.0 Å². The Morgan fingerprint density at radius 3 is 2.71 bits per heavy atom. The molecule has 3 rings (SSSR count). The number of hydrogen-bond acceptors (Lipinski definition) is 2. The number of esters is 1. The third-order valence-electron chi connectivity index (χ3n) is 3.51. The van der Waals surface area contributed by atoms with Gasteiger partial charge in [-0.2, -0.15) is 0 Å². The van der Waals surface area contributed by atoms with Crippen LogP contribution in [-0.4, -0.2) is 11.0 Å². The molecule has 0 radical (unpaired) electrons. The fourth-order valence-corrected chi connectivity index (χ4v) is 2.54. The largest absolute Gasteiger partial charge is 0.432 e. The first-order chi connectivity index (χ1) is 10.2. The second kappa shape index (κ2) is 5.29. The molecule has 0 saturated heterocycles. The highest BCUT2D eigenvalue weighted by atomic mass is 16.5. The molecule has 0 unspecified atom stereocenters. The van der Waals surface area contributed by atoms with Gasteiger partial charge in [0.1, 0.15) is 0 Å². The van der Waals surface area contributed by atoms with Crippen molar-refractivity contribution in [2.75, 3.05) is 0 Å². The number of aromatic nitrogens is 1. The summed E-state index contributed by atoms with van der Waals surface area (Å²) < 4.78 is 4.76. The van der Waals surface area contributed by atoms with Gasteiger partial charge in [-0.1, -0.05) is 49.6 Å². The third-order valence-corrected chi connectivity index (χ3v) is 3.51. The smallest absolute Gasteiger partial charge is 0.338 e. The van der Waals surface area contributed by atoms with Gasteiger partial charge < -0.3 is 9.72 Å². The number of carbonyl (C=O) groups excluding carboxylic acids is 1. The first kappa shape index (κ1) is 13.2. The number of nitrogens with one attached hydrogen (secondary N) is 1. The van der Waals surface area contributed by atoms with Crippen LogP contribution >= 0.6 is 0 Å². The summed E-state index contributed by atoms with van der Waals surface area (Å²) in [6.07, 6.45) is 1.56. The number of para-hydroxylation sites is 2. The highest BCUT2D eigenvalue weighted by molar-refractivity contribution is 6.08. The summed E-state index contributed by atoms with van der Waals surface area (Å²) in [4.78, 5) is 15.1. The average Bonchev–Trinajstić information content (AvgIpc) is 2.87. The van der Waals surface area contributed by atoms with Gasteiger partial charge in [0.15, 0.2) is 0 Å². The number of benzene rings is 2. The molecule has 0 spiro atoms. The molecule has 3 heteroatoms. The van der Waals surface area contributed by atoms with Crippen molar-refractivity contribution in [3.8, 4) is 0 Å². The zero-order valence-corrected chi connectivity index (χ0v) is 11.6. The molecule has 1 N–H and O–H groups in total. The van der Waals surface area contributed by atoms with Gasteiger partial charge in [0.25, 0.3) is 0 Å². The number of H-pyrrole nitrogens is 1.